The van der Waals surface area contributed by atoms with E-state index in [0.717, 1.165) is 40.8 Å². The van der Waals surface area contributed by atoms with Crippen molar-refractivity contribution in [3.05, 3.63) is 99.4 Å². The number of alkyl halides is 3. The van der Waals surface area contributed by atoms with E-state index < -0.39 is 17.6 Å². The maximum atomic E-state index is 12.9. The molecule has 0 saturated carbocycles. The number of allylic oxidation sites excluding steroid dienone is 2. The van der Waals surface area contributed by atoms with Crippen LogP contribution in [0.2, 0.25) is 0 Å². The SMILES string of the molecule is O=C(CN1C(=O)/C(=C/C=C/c2ccccc2)SC1=S)Nc1ncc(Cc2cccc(C(F)(F)F)c2)s1. The molecular weight excluding hydrogens is 527 g/mol. The smallest absolute Gasteiger partial charge is 0.300 e. The Morgan fingerprint density at radius 3 is 2.67 bits per heavy atom. The van der Waals surface area contributed by atoms with Gasteiger partial charge in [-0.3, -0.25) is 14.5 Å². The summed E-state index contributed by atoms with van der Waals surface area (Å²) in [6.45, 7) is -0.271. The maximum absolute atomic E-state index is 12.9. The van der Waals surface area contributed by atoms with Crippen molar-refractivity contribution in [1.29, 1.82) is 0 Å². The molecule has 184 valence electrons. The van der Waals surface area contributed by atoms with E-state index in [4.69, 9.17) is 12.2 Å². The highest BCUT2D eigenvalue weighted by Crippen LogP contribution is 2.32. The summed E-state index contributed by atoms with van der Waals surface area (Å²) < 4.78 is 39.1. The number of rotatable bonds is 7. The minimum Gasteiger partial charge on any atom is -0.300 e. The number of amides is 2. The van der Waals surface area contributed by atoms with E-state index in [1.807, 2.05) is 36.4 Å². The topological polar surface area (TPSA) is 62.3 Å². The number of halogens is 3. The quantitative estimate of drug-likeness (QED) is 0.285. The molecule has 5 nitrogen and oxygen atoms in total. The molecule has 1 N–H and O–H groups in total. The molecule has 1 aliphatic heterocycles. The Morgan fingerprint density at radius 2 is 1.92 bits per heavy atom. The molecule has 0 atom stereocenters. The number of benzene rings is 2. The second kappa shape index (κ2) is 11.2. The Bertz CT molecular complexity index is 1350. The fourth-order valence-corrected chi connectivity index (χ4v) is 5.34. The third-order valence-electron chi connectivity index (χ3n) is 4.94. The third kappa shape index (κ3) is 6.68. The second-order valence-corrected chi connectivity index (χ2v) is 10.4. The van der Waals surface area contributed by atoms with Crippen LogP contribution < -0.4 is 5.32 Å². The molecule has 0 spiro atoms. The minimum atomic E-state index is -4.41. The first kappa shape index (κ1) is 25.8. The van der Waals surface area contributed by atoms with E-state index in [-0.39, 0.29) is 28.3 Å². The van der Waals surface area contributed by atoms with Gasteiger partial charge in [-0.25, -0.2) is 4.98 Å². The lowest BCUT2D eigenvalue weighted by Crippen LogP contribution is -2.36. The average molecular weight is 546 g/mol. The molecule has 0 bridgehead atoms. The van der Waals surface area contributed by atoms with Gasteiger partial charge in [0.15, 0.2) is 5.13 Å². The minimum absolute atomic E-state index is 0.243. The number of aromatic nitrogens is 1. The highest BCUT2D eigenvalue weighted by molar-refractivity contribution is 8.26. The number of hydrogen-bond donors (Lipinski definition) is 1. The lowest BCUT2D eigenvalue weighted by atomic mass is 10.1. The fraction of sp³-hybridized carbons (Fsp3) is 0.120. The molecule has 2 aromatic carbocycles. The number of nitrogens with zero attached hydrogens (tertiary/aromatic N) is 2. The number of hydrogen-bond acceptors (Lipinski definition) is 6. The van der Waals surface area contributed by atoms with Gasteiger partial charge in [-0.1, -0.05) is 84.7 Å². The van der Waals surface area contributed by atoms with Gasteiger partial charge < -0.3 is 5.32 Å². The Labute approximate surface area is 218 Å². The Morgan fingerprint density at radius 1 is 1.14 bits per heavy atom. The number of thioether (sulfide) groups is 1. The van der Waals surface area contributed by atoms with Gasteiger partial charge in [-0.05, 0) is 23.3 Å². The summed E-state index contributed by atoms with van der Waals surface area (Å²) in [5.41, 5.74) is 0.752. The van der Waals surface area contributed by atoms with E-state index in [1.165, 1.54) is 17.2 Å². The number of thiazole rings is 1. The molecule has 11 heteroatoms. The number of carbonyl (C=O) groups is 2. The molecule has 2 heterocycles. The first-order valence-electron chi connectivity index (χ1n) is 10.6. The zero-order valence-corrected chi connectivity index (χ0v) is 20.9. The Kier molecular flexibility index (Phi) is 8.02. The monoisotopic (exact) mass is 545 g/mol. The predicted octanol–water partition coefficient (Wildman–Crippen LogP) is 6.15. The molecule has 36 heavy (non-hydrogen) atoms. The molecular formula is C25H18F3N3O2S3. The van der Waals surface area contributed by atoms with Gasteiger partial charge in [0.05, 0.1) is 10.5 Å². The summed E-state index contributed by atoms with van der Waals surface area (Å²) >= 11 is 7.54. The fourth-order valence-electron chi connectivity index (χ4n) is 3.27. The van der Waals surface area contributed by atoms with Gasteiger partial charge in [-0.15, -0.1) is 11.3 Å². The summed E-state index contributed by atoms with van der Waals surface area (Å²) in [5, 5.41) is 2.91. The number of carbonyl (C=O) groups excluding carboxylic acids is 2. The largest absolute Gasteiger partial charge is 0.416 e. The highest BCUT2D eigenvalue weighted by atomic mass is 32.2. The molecule has 1 saturated heterocycles. The molecule has 1 aliphatic rings. The zero-order valence-electron chi connectivity index (χ0n) is 18.5. The van der Waals surface area contributed by atoms with Gasteiger partial charge in [0.2, 0.25) is 5.91 Å². The summed E-state index contributed by atoms with van der Waals surface area (Å²) in [6, 6.07) is 14.7. The molecule has 3 aromatic rings. The van der Waals surface area contributed by atoms with Crippen LogP contribution in [0.4, 0.5) is 18.3 Å². The lowest BCUT2D eigenvalue weighted by Gasteiger charge is -2.13. The summed E-state index contributed by atoms with van der Waals surface area (Å²) in [7, 11) is 0. The van der Waals surface area contributed by atoms with E-state index in [2.05, 4.69) is 10.3 Å². The van der Waals surface area contributed by atoms with Crippen molar-refractivity contribution in [3.63, 3.8) is 0 Å². The number of nitrogens with one attached hydrogen (secondary N) is 1. The van der Waals surface area contributed by atoms with Crippen molar-refractivity contribution in [2.45, 2.75) is 12.6 Å². The van der Waals surface area contributed by atoms with Crippen LogP contribution in [0.5, 0.6) is 0 Å². The van der Waals surface area contributed by atoms with Crippen molar-refractivity contribution in [2.75, 3.05) is 11.9 Å². The lowest BCUT2D eigenvalue weighted by molar-refractivity contribution is -0.137. The summed E-state index contributed by atoms with van der Waals surface area (Å²) in [4.78, 5) is 31.7. The standard InChI is InChI=1S/C25H18F3N3O2S3/c26-25(27,28)18-10-4-9-17(12-18)13-19-14-29-23(35-19)30-21(32)15-31-22(33)20(36-24(31)34)11-5-8-16-6-2-1-3-7-16/h1-12,14H,13,15H2,(H,29,30,32)/b8-5+,20-11-. The average Bonchev–Trinajstić information content (AvgIpc) is 3.38. The number of anilines is 1. The maximum Gasteiger partial charge on any atom is 0.416 e. The van der Waals surface area contributed by atoms with E-state index in [1.54, 1.807) is 18.2 Å². The van der Waals surface area contributed by atoms with Gasteiger partial charge in [-0.2, -0.15) is 13.2 Å². The Balaban J connectivity index is 1.33. The van der Waals surface area contributed by atoms with Crippen LogP contribution in [-0.2, 0) is 22.2 Å². The van der Waals surface area contributed by atoms with Crippen molar-refractivity contribution in [2.24, 2.45) is 0 Å². The molecule has 2 amide bonds. The van der Waals surface area contributed by atoms with E-state index in [0.29, 0.717) is 15.3 Å². The zero-order chi connectivity index (χ0) is 25.7. The van der Waals surface area contributed by atoms with E-state index in [9.17, 15) is 22.8 Å². The van der Waals surface area contributed by atoms with Crippen molar-refractivity contribution in [3.8, 4) is 0 Å². The van der Waals surface area contributed by atoms with Crippen LogP contribution in [0.25, 0.3) is 6.08 Å². The van der Waals surface area contributed by atoms with Crippen LogP contribution in [-0.4, -0.2) is 32.6 Å². The van der Waals surface area contributed by atoms with Crippen LogP contribution in [0.15, 0.2) is 77.9 Å². The Hall–Kier alpha value is -3.28. The van der Waals surface area contributed by atoms with Crippen molar-refractivity contribution >= 4 is 62.7 Å². The summed E-state index contributed by atoms with van der Waals surface area (Å²) in [5.74, 6) is -0.838. The van der Waals surface area contributed by atoms with Gasteiger partial charge in [0.1, 0.15) is 10.9 Å². The van der Waals surface area contributed by atoms with E-state index >= 15 is 0 Å². The first-order valence-corrected chi connectivity index (χ1v) is 12.6. The first-order chi connectivity index (χ1) is 17.2. The van der Waals surface area contributed by atoms with Crippen LogP contribution in [0.1, 0.15) is 21.6 Å². The molecule has 1 fully saturated rings. The van der Waals surface area contributed by atoms with Crippen LogP contribution in [0.3, 0.4) is 0 Å². The van der Waals surface area contributed by atoms with Crippen LogP contribution in [0, 0.1) is 0 Å². The highest BCUT2D eigenvalue weighted by Gasteiger charge is 2.33. The van der Waals surface area contributed by atoms with Crippen molar-refractivity contribution < 1.29 is 22.8 Å². The van der Waals surface area contributed by atoms with Gasteiger partial charge in [0.25, 0.3) is 5.91 Å². The molecule has 1 aromatic heterocycles. The second-order valence-electron chi connectivity index (χ2n) is 7.61. The normalized spacial score (nSPS) is 15.3. The molecule has 4 rings (SSSR count). The van der Waals surface area contributed by atoms with Crippen LogP contribution >= 0.6 is 35.3 Å². The molecule has 0 unspecified atom stereocenters. The molecule has 0 radical (unpaired) electrons. The van der Waals surface area contributed by atoms with Gasteiger partial charge in [0, 0.05) is 17.5 Å². The van der Waals surface area contributed by atoms with Gasteiger partial charge >= 0.3 is 6.18 Å². The third-order valence-corrected chi connectivity index (χ3v) is 7.25. The molecule has 0 aliphatic carbocycles. The number of thiocarbonyl (C=S) groups is 1. The predicted molar refractivity (Wildman–Crippen MR) is 140 cm³/mol. The van der Waals surface area contributed by atoms with Crippen molar-refractivity contribution in [1.82, 2.24) is 9.88 Å². The summed E-state index contributed by atoms with van der Waals surface area (Å²) in [6.07, 6.45) is 2.60.